The van der Waals surface area contributed by atoms with Gasteiger partial charge in [0.05, 0.1) is 5.56 Å². The van der Waals surface area contributed by atoms with E-state index in [4.69, 9.17) is 4.74 Å². The van der Waals surface area contributed by atoms with Crippen molar-refractivity contribution in [2.24, 2.45) is 0 Å². The number of hydrogen-bond donors (Lipinski definition) is 3. The zero-order valence-electron chi connectivity index (χ0n) is 14.2. The van der Waals surface area contributed by atoms with Crippen LogP contribution in [0.25, 0.3) is 0 Å². The molecule has 1 heterocycles. The third-order valence-corrected chi connectivity index (χ3v) is 2.73. The standard InChI is InChI=1S/C15H22N4O5/c1-5-16-12(20)10-6-7-19(17-8-10)9-11(13(21)22)18-14(23)24-15(2,3)4/h6-8,11H,5,9H2,1-4H3,(H2-,16,18,20,21,22,23)/p+1/t11-/m0/s1. The first-order valence-corrected chi connectivity index (χ1v) is 7.48. The number of rotatable bonds is 6. The molecule has 0 fully saturated rings. The predicted molar refractivity (Wildman–Crippen MR) is 83.2 cm³/mol. The Morgan fingerprint density at radius 1 is 1.38 bits per heavy atom. The first kappa shape index (κ1) is 19.3. The Balaban J connectivity index is 2.73. The molecule has 9 nitrogen and oxygen atoms in total. The molecule has 0 radical (unpaired) electrons. The number of carbonyl (C=O) groups excluding carboxylic acids is 2. The van der Waals surface area contributed by atoms with Crippen molar-refractivity contribution in [2.45, 2.75) is 45.9 Å². The van der Waals surface area contributed by atoms with Crippen molar-refractivity contribution < 1.29 is 28.9 Å². The van der Waals surface area contributed by atoms with Crippen molar-refractivity contribution in [1.29, 1.82) is 0 Å². The highest BCUT2D eigenvalue weighted by atomic mass is 16.6. The second-order valence-corrected chi connectivity index (χ2v) is 6.03. The smallest absolute Gasteiger partial charge is 0.408 e. The van der Waals surface area contributed by atoms with Gasteiger partial charge in [0.1, 0.15) is 11.8 Å². The first-order chi connectivity index (χ1) is 11.1. The van der Waals surface area contributed by atoms with E-state index in [9.17, 15) is 19.5 Å². The highest BCUT2D eigenvalue weighted by Gasteiger charge is 2.28. The fourth-order valence-corrected chi connectivity index (χ4v) is 1.71. The van der Waals surface area contributed by atoms with Crippen LogP contribution in [0.2, 0.25) is 0 Å². The Morgan fingerprint density at radius 3 is 2.50 bits per heavy atom. The maximum Gasteiger partial charge on any atom is 0.408 e. The van der Waals surface area contributed by atoms with Crippen molar-refractivity contribution in [2.75, 3.05) is 6.54 Å². The molecule has 24 heavy (non-hydrogen) atoms. The van der Waals surface area contributed by atoms with E-state index in [2.05, 4.69) is 15.7 Å². The van der Waals surface area contributed by atoms with Gasteiger partial charge in [-0.15, -0.1) is 0 Å². The third-order valence-electron chi connectivity index (χ3n) is 2.73. The molecule has 9 heteroatoms. The van der Waals surface area contributed by atoms with Gasteiger partial charge in [-0.05, 0) is 32.8 Å². The Morgan fingerprint density at radius 2 is 2.04 bits per heavy atom. The number of carboxylic acid groups (broad SMARTS) is 1. The number of aliphatic carboxylic acids is 1. The van der Waals surface area contributed by atoms with E-state index < -0.39 is 23.7 Å². The first-order valence-electron chi connectivity index (χ1n) is 7.48. The van der Waals surface area contributed by atoms with Crippen molar-refractivity contribution in [3.05, 3.63) is 24.0 Å². The summed E-state index contributed by atoms with van der Waals surface area (Å²) < 4.78 is 6.36. The maximum absolute atomic E-state index is 11.7. The zero-order chi connectivity index (χ0) is 18.3. The number of carboxylic acids is 1. The minimum absolute atomic E-state index is 0.107. The average Bonchev–Trinajstić information content (AvgIpc) is 2.45. The molecule has 3 N–H and O–H groups in total. The van der Waals surface area contributed by atoms with E-state index >= 15 is 0 Å². The normalized spacial score (nSPS) is 12.2. The van der Waals surface area contributed by atoms with Crippen LogP contribution in [-0.2, 0) is 16.1 Å². The number of carbonyl (C=O) groups is 3. The largest absolute Gasteiger partial charge is 0.480 e. The van der Waals surface area contributed by atoms with Crippen LogP contribution < -0.4 is 15.3 Å². The minimum Gasteiger partial charge on any atom is -0.480 e. The quantitative estimate of drug-likeness (QED) is 0.632. The van der Waals surface area contributed by atoms with E-state index in [0.29, 0.717) is 12.1 Å². The number of hydrogen-bond acceptors (Lipinski definition) is 5. The van der Waals surface area contributed by atoms with Gasteiger partial charge < -0.3 is 20.5 Å². The lowest BCUT2D eigenvalue weighted by atomic mass is 10.2. The summed E-state index contributed by atoms with van der Waals surface area (Å²) in [6.45, 7) is 7.23. The van der Waals surface area contributed by atoms with Crippen LogP contribution in [0.4, 0.5) is 4.79 Å². The third kappa shape index (κ3) is 6.59. The molecule has 1 rings (SSSR count). The highest BCUT2D eigenvalue weighted by molar-refractivity contribution is 5.93. The van der Waals surface area contributed by atoms with E-state index in [1.165, 1.54) is 23.1 Å². The summed E-state index contributed by atoms with van der Waals surface area (Å²) in [6.07, 6.45) is 1.98. The van der Waals surface area contributed by atoms with Gasteiger partial charge in [-0.25, -0.2) is 9.59 Å². The topological polar surface area (TPSA) is 122 Å². The van der Waals surface area contributed by atoms with Crippen LogP contribution in [0.15, 0.2) is 18.5 Å². The molecule has 0 bridgehead atoms. The molecule has 0 aliphatic heterocycles. The van der Waals surface area contributed by atoms with Crippen LogP contribution in [-0.4, -0.2) is 46.4 Å². The minimum atomic E-state index is -1.22. The van der Waals surface area contributed by atoms with E-state index in [1.807, 2.05) is 0 Å². The monoisotopic (exact) mass is 339 g/mol. The Labute approximate surface area is 140 Å². The van der Waals surface area contributed by atoms with Crippen LogP contribution in [0.5, 0.6) is 0 Å². The summed E-state index contributed by atoms with van der Waals surface area (Å²) in [6, 6.07) is 0.303. The predicted octanol–water partition coefficient (Wildman–Crippen LogP) is 0.0967. The summed E-state index contributed by atoms with van der Waals surface area (Å²) in [5.74, 6) is -1.48. The molecule has 1 aromatic heterocycles. The summed E-state index contributed by atoms with van der Waals surface area (Å²) in [5.41, 5.74) is -0.368. The highest BCUT2D eigenvalue weighted by Crippen LogP contribution is 2.06. The van der Waals surface area contributed by atoms with E-state index in [-0.39, 0.29) is 12.5 Å². The SMILES string of the molecule is CCNC(=O)c1cc[n+](C[C@H](NC(=O)OC(C)(C)C)C(=O)O)nc1. The van der Waals surface area contributed by atoms with Gasteiger partial charge in [0.25, 0.3) is 5.91 Å². The molecule has 0 saturated carbocycles. The molecule has 0 aliphatic rings. The number of nitrogens with zero attached hydrogens (tertiary/aromatic N) is 2. The lowest BCUT2D eigenvalue weighted by molar-refractivity contribution is -0.754. The Kier molecular flexibility index (Phi) is 6.63. The van der Waals surface area contributed by atoms with Crippen molar-refractivity contribution >= 4 is 18.0 Å². The van der Waals surface area contributed by atoms with Gasteiger partial charge in [-0.1, -0.05) is 4.68 Å². The molecule has 2 amide bonds. The van der Waals surface area contributed by atoms with Crippen molar-refractivity contribution in [3.63, 3.8) is 0 Å². The molecular weight excluding hydrogens is 316 g/mol. The molecule has 1 aromatic rings. The van der Waals surface area contributed by atoms with E-state index in [1.54, 1.807) is 27.7 Å². The molecular formula is C15H23N4O5+. The Hall–Kier alpha value is -2.71. The van der Waals surface area contributed by atoms with Gasteiger partial charge in [0.2, 0.25) is 6.54 Å². The van der Waals surface area contributed by atoms with Crippen LogP contribution in [0.3, 0.4) is 0 Å². The molecule has 0 aliphatic carbocycles. The van der Waals surface area contributed by atoms with Crippen LogP contribution in [0.1, 0.15) is 38.1 Å². The van der Waals surface area contributed by atoms with Gasteiger partial charge in [0.15, 0.2) is 12.2 Å². The second kappa shape index (κ2) is 8.23. The van der Waals surface area contributed by atoms with Crippen LogP contribution >= 0.6 is 0 Å². The zero-order valence-corrected chi connectivity index (χ0v) is 14.2. The fraction of sp³-hybridized carbons (Fsp3) is 0.533. The molecule has 132 valence electrons. The summed E-state index contributed by atoms with van der Waals surface area (Å²) in [5, 5.41) is 18.1. The van der Waals surface area contributed by atoms with Crippen molar-refractivity contribution in [1.82, 2.24) is 15.7 Å². The molecule has 0 saturated heterocycles. The van der Waals surface area contributed by atoms with Gasteiger partial charge in [-0.3, -0.25) is 4.79 Å². The number of ether oxygens (including phenoxy) is 1. The van der Waals surface area contributed by atoms with E-state index in [0.717, 1.165) is 0 Å². The summed E-state index contributed by atoms with van der Waals surface area (Å²) in [4.78, 5) is 34.6. The average molecular weight is 339 g/mol. The van der Waals surface area contributed by atoms with Crippen molar-refractivity contribution in [3.8, 4) is 0 Å². The molecule has 0 unspecified atom stereocenters. The molecule has 1 atom stereocenters. The summed E-state index contributed by atoms with van der Waals surface area (Å²) in [7, 11) is 0. The van der Waals surface area contributed by atoms with Gasteiger partial charge in [-0.2, -0.15) is 0 Å². The van der Waals surface area contributed by atoms with Gasteiger partial charge >= 0.3 is 12.1 Å². The lowest BCUT2D eigenvalue weighted by Crippen LogP contribution is -2.53. The Bertz CT molecular complexity index is 595. The maximum atomic E-state index is 11.7. The summed E-state index contributed by atoms with van der Waals surface area (Å²) >= 11 is 0. The second-order valence-electron chi connectivity index (χ2n) is 6.03. The lowest BCUT2D eigenvalue weighted by Gasteiger charge is -2.20. The van der Waals surface area contributed by atoms with Crippen LogP contribution in [0, 0.1) is 0 Å². The number of amides is 2. The molecule has 0 spiro atoms. The number of nitrogens with one attached hydrogen (secondary N) is 2. The molecule has 0 aromatic carbocycles. The fourth-order valence-electron chi connectivity index (χ4n) is 1.71. The number of alkyl carbamates (subject to hydrolysis) is 1. The van der Waals surface area contributed by atoms with Gasteiger partial charge in [0, 0.05) is 12.6 Å². The number of aromatic nitrogens is 2.